The highest BCUT2D eigenvalue weighted by Crippen LogP contribution is 2.39. The third-order valence-corrected chi connectivity index (χ3v) is 7.28. The van der Waals surface area contributed by atoms with Gasteiger partial charge in [-0.15, -0.1) is 0 Å². The van der Waals surface area contributed by atoms with Crippen molar-refractivity contribution in [2.24, 2.45) is 5.92 Å². The zero-order valence-electron chi connectivity index (χ0n) is 16.4. The largest absolute Gasteiger partial charge is 0.452 e. The van der Waals surface area contributed by atoms with E-state index in [2.05, 4.69) is 11.4 Å². The average Bonchev–Trinajstić information content (AvgIpc) is 3.58. The maximum absolute atomic E-state index is 12.8. The van der Waals surface area contributed by atoms with Gasteiger partial charge in [0.25, 0.3) is 5.91 Å². The number of benzene rings is 1. The first kappa shape index (κ1) is 21.3. The van der Waals surface area contributed by atoms with Crippen molar-refractivity contribution < 1.29 is 22.7 Å². The number of hydrogen-bond donors (Lipinski definition) is 1. The fourth-order valence-corrected chi connectivity index (χ4v) is 5.02. The van der Waals surface area contributed by atoms with E-state index in [1.54, 1.807) is 6.92 Å². The molecule has 0 spiro atoms. The van der Waals surface area contributed by atoms with Crippen LogP contribution >= 0.6 is 0 Å². The molecular weight excluding hydrogens is 394 g/mol. The summed E-state index contributed by atoms with van der Waals surface area (Å²) in [5.74, 6) is -1.24. The Balaban J connectivity index is 1.62. The second-order valence-electron chi connectivity index (χ2n) is 7.71. The highest BCUT2D eigenvalue weighted by molar-refractivity contribution is 7.89. The molecule has 1 atom stereocenters. The summed E-state index contributed by atoms with van der Waals surface area (Å²) >= 11 is 0. The summed E-state index contributed by atoms with van der Waals surface area (Å²) in [7, 11) is -3.67. The Kier molecular flexibility index (Phi) is 6.24. The van der Waals surface area contributed by atoms with Crippen LogP contribution in [0.5, 0.6) is 0 Å². The summed E-state index contributed by atoms with van der Waals surface area (Å²) in [4.78, 5) is 24.4. The van der Waals surface area contributed by atoms with Gasteiger partial charge < -0.3 is 10.1 Å². The quantitative estimate of drug-likeness (QED) is 0.674. The number of nitrogens with one attached hydrogen (secondary N) is 1. The van der Waals surface area contributed by atoms with Gasteiger partial charge in [-0.05, 0) is 56.7 Å². The van der Waals surface area contributed by atoms with Gasteiger partial charge in [-0.3, -0.25) is 4.79 Å². The van der Waals surface area contributed by atoms with Crippen molar-refractivity contribution >= 4 is 21.9 Å². The van der Waals surface area contributed by atoms with Gasteiger partial charge in [0.2, 0.25) is 10.0 Å². The van der Waals surface area contributed by atoms with E-state index in [9.17, 15) is 23.3 Å². The van der Waals surface area contributed by atoms with Gasteiger partial charge in [0.1, 0.15) is 5.54 Å². The molecule has 8 nitrogen and oxygen atoms in total. The summed E-state index contributed by atoms with van der Waals surface area (Å²) in [6.45, 7) is 2.05. The second-order valence-corrected chi connectivity index (χ2v) is 9.64. The van der Waals surface area contributed by atoms with Crippen LogP contribution in [0.3, 0.4) is 0 Å². The first-order valence-electron chi connectivity index (χ1n) is 9.76. The molecule has 156 valence electrons. The molecular formula is C20H25N3O5S. The van der Waals surface area contributed by atoms with Gasteiger partial charge in [0.15, 0.2) is 6.61 Å². The van der Waals surface area contributed by atoms with E-state index in [1.807, 2.05) is 0 Å². The predicted octanol–water partition coefficient (Wildman–Crippen LogP) is 1.83. The number of carbonyl (C=O) groups is 2. The van der Waals surface area contributed by atoms with Crippen LogP contribution in [-0.2, 0) is 19.6 Å². The van der Waals surface area contributed by atoms with E-state index in [0.717, 1.165) is 32.1 Å². The maximum atomic E-state index is 12.8. The number of nitriles is 1. The number of ether oxygens (including phenoxy) is 1. The third-order valence-electron chi connectivity index (χ3n) is 5.38. The molecule has 0 unspecified atom stereocenters. The molecule has 0 aromatic heterocycles. The molecule has 1 saturated carbocycles. The highest BCUT2D eigenvalue weighted by atomic mass is 32.2. The molecule has 1 heterocycles. The molecule has 2 aliphatic rings. The first-order valence-corrected chi connectivity index (χ1v) is 11.2. The SMILES string of the molecule is C[C@@](C#N)(NC(=O)COC(=O)c1cccc(S(=O)(=O)N2CCCCC2)c1)C1CC1. The summed E-state index contributed by atoms with van der Waals surface area (Å²) in [5, 5.41) is 11.9. The number of piperidine rings is 1. The Labute approximate surface area is 170 Å². The summed E-state index contributed by atoms with van der Waals surface area (Å²) in [6.07, 6.45) is 4.40. The lowest BCUT2D eigenvalue weighted by Gasteiger charge is -2.26. The Hall–Kier alpha value is -2.44. The number of hydrogen-bond acceptors (Lipinski definition) is 6. The van der Waals surface area contributed by atoms with Crippen molar-refractivity contribution in [1.29, 1.82) is 5.26 Å². The Morgan fingerprint density at radius 1 is 1.28 bits per heavy atom. The smallest absolute Gasteiger partial charge is 0.338 e. The predicted molar refractivity (Wildman–Crippen MR) is 104 cm³/mol. The molecule has 3 rings (SSSR count). The lowest BCUT2D eigenvalue weighted by molar-refractivity contribution is -0.125. The first-order chi connectivity index (χ1) is 13.8. The highest BCUT2D eigenvalue weighted by Gasteiger charge is 2.43. The summed E-state index contributed by atoms with van der Waals surface area (Å²) < 4.78 is 32.0. The maximum Gasteiger partial charge on any atom is 0.338 e. The number of sulfonamides is 1. The van der Waals surface area contributed by atoms with Crippen molar-refractivity contribution in [1.82, 2.24) is 9.62 Å². The molecule has 1 N–H and O–H groups in total. The molecule has 1 aromatic carbocycles. The Bertz CT molecular complexity index is 930. The van der Waals surface area contributed by atoms with Crippen molar-refractivity contribution in [2.75, 3.05) is 19.7 Å². The Morgan fingerprint density at radius 3 is 2.59 bits per heavy atom. The van der Waals surface area contributed by atoms with Crippen LogP contribution in [0, 0.1) is 17.2 Å². The van der Waals surface area contributed by atoms with Crippen molar-refractivity contribution in [3.63, 3.8) is 0 Å². The molecule has 1 aromatic rings. The van der Waals surface area contributed by atoms with Crippen LogP contribution in [0.2, 0.25) is 0 Å². The number of esters is 1. The zero-order valence-corrected chi connectivity index (χ0v) is 17.2. The second kappa shape index (κ2) is 8.51. The lowest BCUT2D eigenvalue weighted by Crippen LogP contribution is -2.48. The average molecular weight is 420 g/mol. The van der Waals surface area contributed by atoms with Gasteiger partial charge in [0.05, 0.1) is 16.5 Å². The lowest BCUT2D eigenvalue weighted by atomic mass is 9.98. The minimum atomic E-state index is -3.67. The van der Waals surface area contributed by atoms with E-state index in [4.69, 9.17) is 4.74 Å². The molecule has 0 radical (unpaired) electrons. The van der Waals surface area contributed by atoms with Gasteiger partial charge in [-0.2, -0.15) is 9.57 Å². The van der Waals surface area contributed by atoms with Crippen molar-refractivity contribution in [3.05, 3.63) is 29.8 Å². The van der Waals surface area contributed by atoms with Crippen LogP contribution in [0.25, 0.3) is 0 Å². The fraction of sp³-hybridized carbons (Fsp3) is 0.550. The topological polar surface area (TPSA) is 117 Å². The van der Waals surface area contributed by atoms with E-state index >= 15 is 0 Å². The van der Waals surface area contributed by atoms with Gasteiger partial charge >= 0.3 is 5.97 Å². The van der Waals surface area contributed by atoms with Gasteiger partial charge in [0, 0.05) is 13.1 Å². The van der Waals surface area contributed by atoms with Crippen molar-refractivity contribution in [2.45, 2.75) is 49.5 Å². The van der Waals surface area contributed by atoms with E-state index in [-0.39, 0.29) is 16.4 Å². The van der Waals surface area contributed by atoms with E-state index in [0.29, 0.717) is 13.1 Å². The minimum absolute atomic E-state index is 0.0316. The van der Waals surface area contributed by atoms with Crippen LogP contribution in [0.15, 0.2) is 29.2 Å². The monoisotopic (exact) mass is 419 g/mol. The van der Waals surface area contributed by atoms with Crippen LogP contribution in [0.4, 0.5) is 0 Å². The Morgan fingerprint density at radius 2 is 1.97 bits per heavy atom. The standard InChI is InChI=1S/C20H25N3O5S/c1-20(14-21,16-8-9-16)22-18(24)13-28-19(25)15-6-5-7-17(12-15)29(26,27)23-10-3-2-4-11-23/h5-7,12,16H,2-4,8-11,13H2,1H3,(H,22,24)/t20-/m0/s1. The van der Waals surface area contributed by atoms with Crippen LogP contribution in [0.1, 0.15) is 49.4 Å². The number of nitrogens with zero attached hydrogens (tertiary/aromatic N) is 2. The third kappa shape index (κ3) is 4.95. The van der Waals surface area contributed by atoms with Gasteiger partial charge in [-0.25, -0.2) is 13.2 Å². The number of amides is 1. The molecule has 1 saturated heterocycles. The van der Waals surface area contributed by atoms with Crippen LogP contribution in [-0.4, -0.2) is 49.8 Å². The normalized spacial score (nSPS) is 19.6. The molecule has 1 amide bonds. The number of carbonyl (C=O) groups excluding carboxylic acids is 2. The molecule has 0 bridgehead atoms. The van der Waals surface area contributed by atoms with Crippen molar-refractivity contribution in [3.8, 4) is 6.07 Å². The van der Waals surface area contributed by atoms with E-state index in [1.165, 1.54) is 28.6 Å². The van der Waals surface area contributed by atoms with E-state index < -0.39 is 34.0 Å². The molecule has 1 aliphatic heterocycles. The number of rotatable bonds is 7. The summed E-state index contributed by atoms with van der Waals surface area (Å²) in [5.41, 5.74) is -0.910. The van der Waals surface area contributed by atoms with Crippen LogP contribution < -0.4 is 5.32 Å². The fourth-order valence-electron chi connectivity index (χ4n) is 3.46. The van der Waals surface area contributed by atoms with Gasteiger partial charge in [-0.1, -0.05) is 12.5 Å². The summed E-state index contributed by atoms with van der Waals surface area (Å²) in [6, 6.07) is 7.74. The molecule has 1 aliphatic carbocycles. The molecule has 29 heavy (non-hydrogen) atoms. The zero-order chi connectivity index (χ0) is 21.1. The minimum Gasteiger partial charge on any atom is -0.452 e. The molecule has 9 heteroatoms. The molecule has 2 fully saturated rings.